The standard InChI is InChI=1S/C9H13O2/c10-7-6-9(11)8-4-2-1-3-5-8/h8H,1-6H2. The highest BCUT2D eigenvalue weighted by Crippen LogP contribution is 2.24. The average Bonchev–Trinajstić information content (AvgIpc) is 2.07. The van der Waals surface area contributed by atoms with Crippen molar-refractivity contribution < 1.29 is 9.59 Å². The molecule has 0 aromatic carbocycles. The monoisotopic (exact) mass is 153 g/mol. The lowest BCUT2D eigenvalue weighted by atomic mass is 9.85. The van der Waals surface area contributed by atoms with E-state index in [0.717, 1.165) is 25.7 Å². The van der Waals surface area contributed by atoms with Gasteiger partial charge < -0.3 is 0 Å². The summed E-state index contributed by atoms with van der Waals surface area (Å²) in [5, 5.41) is 0. The summed E-state index contributed by atoms with van der Waals surface area (Å²) >= 11 is 0. The molecule has 11 heavy (non-hydrogen) atoms. The predicted octanol–water partition coefficient (Wildman–Crippen LogP) is 1.64. The van der Waals surface area contributed by atoms with E-state index in [4.69, 9.17) is 0 Å². The molecule has 1 radical (unpaired) electrons. The Hall–Kier alpha value is -0.660. The number of carbonyl (C=O) groups excluding carboxylic acids is 2. The van der Waals surface area contributed by atoms with E-state index in [9.17, 15) is 9.59 Å². The van der Waals surface area contributed by atoms with Gasteiger partial charge in [0.25, 0.3) is 0 Å². The molecule has 2 nitrogen and oxygen atoms in total. The average molecular weight is 153 g/mol. The zero-order valence-electron chi connectivity index (χ0n) is 6.64. The maximum Gasteiger partial charge on any atom is 0.206 e. The van der Waals surface area contributed by atoms with E-state index >= 15 is 0 Å². The van der Waals surface area contributed by atoms with Crippen LogP contribution in [0.1, 0.15) is 38.5 Å². The number of carbonyl (C=O) groups is 1. The summed E-state index contributed by atoms with van der Waals surface area (Å²) in [5.74, 6) is 0.268. The third-order valence-electron chi connectivity index (χ3n) is 2.31. The zero-order chi connectivity index (χ0) is 8.10. The smallest absolute Gasteiger partial charge is 0.206 e. The van der Waals surface area contributed by atoms with Gasteiger partial charge >= 0.3 is 0 Å². The van der Waals surface area contributed by atoms with Crippen LogP contribution in [0.5, 0.6) is 0 Å². The molecule has 2 heteroatoms. The summed E-state index contributed by atoms with van der Waals surface area (Å²) in [4.78, 5) is 21.0. The van der Waals surface area contributed by atoms with Crippen LogP contribution in [0.4, 0.5) is 0 Å². The fraction of sp³-hybridized carbons (Fsp3) is 0.778. The molecule has 61 valence electrons. The molecular formula is C9H13O2. The first-order chi connectivity index (χ1) is 5.34. The summed E-state index contributed by atoms with van der Waals surface area (Å²) in [7, 11) is 0. The van der Waals surface area contributed by atoms with Crippen molar-refractivity contribution in [3.63, 3.8) is 0 Å². The lowest BCUT2D eigenvalue weighted by Gasteiger charge is -2.18. The van der Waals surface area contributed by atoms with Crippen molar-refractivity contribution in [2.75, 3.05) is 0 Å². The van der Waals surface area contributed by atoms with Crippen molar-refractivity contribution in [3.8, 4) is 0 Å². The van der Waals surface area contributed by atoms with E-state index in [1.54, 1.807) is 6.29 Å². The molecule has 1 rings (SSSR count). The Balaban J connectivity index is 2.32. The topological polar surface area (TPSA) is 34.1 Å². The third-order valence-corrected chi connectivity index (χ3v) is 2.31. The van der Waals surface area contributed by atoms with Gasteiger partial charge in [-0.05, 0) is 12.8 Å². The fourth-order valence-corrected chi connectivity index (χ4v) is 1.64. The van der Waals surface area contributed by atoms with Gasteiger partial charge in [0.05, 0.1) is 6.42 Å². The van der Waals surface area contributed by atoms with Gasteiger partial charge in [0.15, 0.2) is 0 Å². The van der Waals surface area contributed by atoms with Crippen LogP contribution in [0.15, 0.2) is 0 Å². The molecule has 1 saturated carbocycles. The fourth-order valence-electron chi connectivity index (χ4n) is 1.64. The Kier molecular flexibility index (Phi) is 3.27. The normalized spacial score (nSPS) is 19.6. The van der Waals surface area contributed by atoms with Crippen LogP contribution in [-0.2, 0) is 9.59 Å². The Morgan fingerprint density at radius 3 is 2.45 bits per heavy atom. The van der Waals surface area contributed by atoms with Crippen LogP contribution in [0.25, 0.3) is 0 Å². The molecule has 0 atom stereocenters. The molecule has 1 aliphatic rings. The second-order valence-corrected chi connectivity index (χ2v) is 3.12. The minimum atomic E-state index is 0.00463. The molecule has 0 N–H and O–H groups in total. The minimum absolute atomic E-state index is 0.00463. The zero-order valence-corrected chi connectivity index (χ0v) is 6.64. The van der Waals surface area contributed by atoms with Crippen LogP contribution >= 0.6 is 0 Å². The SMILES string of the molecule is O=[C]CC(=O)C1CCCCC1. The number of hydrogen-bond donors (Lipinski definition) is 0. The van der Waals surface area contributed by atoms with Crippen molar-refractivity contribution >= 4 is 12.1 Å². The van der Waals surface area contributed by atoms with Gasteiger partial charge in [-0.25, -0.2) is 0 Å². The summed E-state index contributed by atoms with van der Waals surface area (Å²) < 4.78 is 0. The van der Waals surface area contributed by atoms with E-state index in [1.807, 2.05) is 0 Å². The first-order valence-corrected chi connectivity index (χ1v) is 4.22. The second kappa shape index (κ2) is 4.27. The van der Waals surface area contributed by atoms with E-state index < -0.39 is 0 Å². The Morgan fingerprint density at radius 1 is 1.27 bits per heavy atom. The molecule has 0 saturated heterocycles. The highest BCUT2D eigenvalue weighted by molar-refractivity contribution is 5.91. The van der Waals surface area contributed by atoms with Gasteiger partial charge in [-0.1, -0.05) is 19.3 Å². The van der Waals surface area contributed by atoms with Gasteiger partial charge in [0.1, 0.15) is 5.78 Å². The molecule has 0 amide bonds. The van der Waals surface area contributed by atoms with E-state index in [1.165, 1.54) is 6.42 Å². The third kappa shape index (κ3) is 2.45. The Morgan fingerprint density at radius 2 is 1.91 bits per heavy atom. The van der Waals surface area contributed by atoms with E-state index in [0.29, 0.717) is 0 Å². The summed E-state index contributed by atoms with van der Waals surface area (Å²) in [6, 6.07) is 0. The number of hydrogen-bond acceptors (Lipinski definition) is 2. The van der Waals surface area contributed by atoms with Crippen molar-refractivity contribution in [1.82, 2.24) is 0 Å². The van der Waals surface area contributed by atoms with Gasteiger partial charge in [-0.15, -0.1) is 0 Å². The molecule has 1 aliphatic carbocycles. The largest absolute Gasteiger partial charge is 0.299 e. The molecule has 0 aromatic rings. The number of rotatable bonds is 3. The van der Waals surface area contributed by atoms with Gasteiger partial charge in [0.2, 0.25) is 6.29 Å². The highest BCUT2D eigenvalue weighted by atomic mass is 16.1. The van der Waals surface area contributed by atoms with Crippen molar-refractivity contribution in [1.29, 1.82) is 0 Å². The number of ketones is 1. The predicted molar refractivity (Wildman–Crippen MR) is 41.9 cm³/mol. The summed E-state index contributed by atoms with van der Waals surface area (Å²) in [6.45, 7) is 0. The van der Waals surface area contributed by atoms with E-state index in [2.05, 4.69) is 0 Å². The molecular weight excluding hydrogens is 140 g/mol. The van der Waals surface area contributed by atoms with E-state index in [-0.39, 0.29) is 18.1 Å². The molecule has 0 unspecified atom stereocenters. The second-order valence-electron chi connectivity index (χ2n) is 3.12. The van der Waals surface area contributed by atoms with Crippen LogP contribution < -0.4 is 0 Å². The molecule has 0 heterocycles. The molecule has 0 bridgehead atoms. The Bertz CT molecular complexity index is 146. The first kappa shape index (κ1) is 8.44. The maximum atomic E-state index is 11.1. The quantitative estimate of drug-likeness (QED) is 0.577. The minimum Gasteiger partial charge on any atom is -0.299 e. The molecule has 0 spiro atoms. The summed E-state index contributed by atoms with van der Waals surface area (Å²) in [6.07, 6.45) is 7.18. The van der Waals surface area contributed by atoms with Gasteiger partial charge in [-0.3, -0.25) is 9.59 Å². The summed E-state index contributed by atoms with van der Waals surface area (Å²) in [5.41, 5.74) is 0. The van der Waals surface area contributed by atoms with Gasteiger partial charge in [0, 0.05) is 5.92 Å². The highest BCUT2D eigenvalue weighted by Gasteiger charge is 2.20. The van der Waals surface area contributed by atoms with Gasteiger partial charge in [-0.2, -0.15) is 0 Å². The van der Waals surface area contributed by atoms with Crippen LogP contribution in [0, 0.1) is 5.92 Å². The lowest BCUT2D eigenvalue weighted by Crippen LogP contribution is -2.17. The molecule has 0 aliphatic heterocycles. The Labute approximate surface area is 67.0 Å². The first-order valence-electron chi connectivity index (χ1n) is 4.22. The molecule has 1 fully saturated rings. The maximum absolute atomic E-state index is 11.1. The van der Waals surface area contributed by atoms with Crippen LogP contribution in [-0.4, -0.2) is 12.1 Å². The van der Waals surface area contributed by atoms with Crippen molar-refractivity contribution in [2.24, 2.45) is 5.92 Å². The lowest BCUT2D eigenvalue weighted by molar-refractivity contribution is -0.122. The van der Waals surface area contributed by atoms with Crippen molar-refractivity contribution in [2.45, 2.75) is 38.5 Å². The molecule has 0 aromatic heterocycles. The number of Topliss-reactive ketones (excluding diaryl/α,β-unsaturated/α-hetero) is 1. The van der Waals surface area contributed by atoms with Crippen molar-refractivity contribution in [3.05, 3.63) is 0 Å². The van der Waals surface area contributed by atoms with Crippen LogP contribution in [0.2, 0.25) is 0 Å². The van der Waals surface area contributed by atoms with Crippen LogP contribution in [0.3, 0.4) is 0 Å².